The molecule has 0 amide bonds. The zero-order valence-electron chi connectivity index (χ0n) is 15.8. The van der Waals surface area contributed by atoms with Crippen molar-refractivity contribution in [3.05, 3.63) is 47.7 Å². The van der Waals surface area contributed by atoms with Crippen LogP contribution in [0.25, 0.3) is 0 Å². The molecule has 2 unspecified atom stereocenters. The number of anilines is 1. The predicted molar refractivity (Wildman–Crippen MR) is 107 cm³/mol. The maximum atomic E-state index is 8.94. The van der Waals surface area contributed by atoms with Crippen molar-refractivity contribution in [2.45, 2.75) is 50.2 Å². The molecule has 2 aliphatic heterocycles. The summed E-state index contributed by atoms with van der Waals surface area (Å²) in [6.45, 7) is 2.25. The normalized spacial score (nSPS) is 30.6. The minimum Gasteiger partial charge on any atom is -0.382 e. The van der Waals surface area contributed by atoms with E-state index in [4.69, 9.17) is 10.4 Å². The van der Waals surface area contributed by atoms with Crippen LogP contribution in [0.1, 0.15) is 49.8 Å². The highest BCUT2D eigenvalue weighted by molar-refractivity contribution is 5.67. The summed E-state index contributed by atoms with van der Waals surface area (Å²) in [5.41, 5.74) is 2.73. The van der Waals surface area contributed by atoms with Gasteiger partial charge in [0.25, 0.3) is 0 Å². The number of benzene rings is 1. The van der Waals surface area contributed by atoms with E-state index < -0.39 is 0 Å². The molecule has 28 heavy (non-hydrogen) atoms. The average Bonchev–Trinajstić information content (AvgIpc) is 3.34. The van der Waals surface area contributed by atoms with E-state index in [-0.39, 0.29) is 11.6 Å². The van der Waals surface area contributed by atoms with Gasteiger partial charge in [-0.3, -0.25) is 0 Å². The first-order chi connectivity index (χ1) is 13.7. The number of aromatic nitrogens is 1. The van der Waals surface area contributed by atoms with Crippen molar-refractivity contribution in [3.63, 3.8) is 0 Å². The molecule has 1 saturated carbocycles. The highest BCUT2D eigenvalue weighted by Crippen LogP contribution is 2.51. The third-order valence-corrected chi connectivity index (χ3v) is 6.48. The number of nitriles is 1. The van der Waals surface area contributed by atoms with Gasteiger partial charge in [0, 0.05) is 23.5 Å². The van der Waals surface area contributed by atoms with Crippen molar-refractivity contribution in [3.8, 4) is 6.07 Å². The summed E-state index contributed by atoms with van der Waals surface area (Å²) >= 11 is 0. The lowest BCUT2D eigenvalue weighted by molar-refractivity contribution is 0.162. The third kappa shape index (κ3) is 2.68. The lowest BCUT2D eigenvalue weighted by Crippen LogP contribution is -2.44. The molecule has 1 fully saturated rings. The Hall–Kier alpha value is -3.14. The van der Waals surface area contributed by atoms with E-state index in [2.05, 4.69) is 39.6 Å². The fourth-order valence-electron chi connectivity index (χ4n) is 4.89. The molecule has 142 valence electrons. The molecule has 0 bridgehead atoms. The van der Waals surface area contributed by atoms with Crippen LogP contribution in [0.3, 0.4) is 0 Å². The molecule has 2 aromatic rings. The Labute approximate surface area is 164 Å². The van der Waals surface area contributed by atoms with Crippen LogP contribution >= 0.6 is 0 Å². The minimum absolute atomic E-state index is 0.124. The molecular weight excluding hydrogens is 350 g/mol. The molecule has 7 heteroatoms. The Balaban J connectivity index is 1.27. The third-order valence-electron chi connectivity index (χ3n) is 6.48. The number of hydrogen-bond donors (Lipinski definition) is 2. The Bertz CT molecular complexity index is 959. The van der Waals surface area contributed by atoms with Crippen LogP contribution in [-0.4, -0.2) is 27.9 Å². The highest BCUT2D eigenvalue weighted by Gasteiger charge is 2.51. The Morgan fingerprint density at radius 3 is 2.71 bits per heavy atom. The van der Waals surface area contributed by atoms with E-state index >= 15 is 0 Å². The summed E-state index contributed by atoms with van der Waals surface area (Å²) in [4.78, 5) is 7.65. The van der Waals surface area contributed by atoms with Crippen LogP contribution in [0.4, 0.5) is 11.5 Å². The molecule has 2 N–H and O–H groups in total. The van der Waals surface area contributed by atoms with Gasteiger partial charge in [0.1, 0.15) is 23.7 Å². The number of nitrogens with zero attached hydrogens (tertiary/aromatic N) is 5. The second-order valence-electron chi connectivity index (χ2n) is 8.11. The van der Waals surface area contributed by atoms with Gasteiger partial charge in [-0.2, -0.15) is 10.4 Å². The number of aromatic amines is 1. The van der Waals surface area contributed by atoms with Gasteiger partial charge in [0.2, 0.25) is 0 Å². The van der Waals surface area contributed by atoms with Crippen LogP contribution in [0, 0.1) is 17.2 Å². The highest BCUT2D eigenvalue weighted by atomic mass is 15.6. The first-order valence-electron chi connectivity index (χ1n) is 9.87. The maximum absolute atomic E-state index is 8.94. The minimum atomic E-state index is -0.233. The second kappa shape index (κ2) is 6.48. The predicted octanol–water partition coefficient (Wildman–Crippen LogP) is 4.71. The van der Waals surface area contributed by atoms with Crippen molar-refractivity contribution in [1.82, 2.24) is 9.99 Å². The quantitative estimate of drug-likeness (QED) is 0.816. The molecule has 1 aromatic heterocycles. The zero-order valence-corrected chi connectivity index (χ0v) is 15.8. The molecule has 3 heterocycles. The Morgan fingerprint density at radius 2 is 1.96 bits per heavy atom. The molecule has 3 aliphatic rings. The van der Waals surface area contributed by atoms with Crippen LogP contribution in [0.15, 0.2) is 51.9 Å². The van der Waals surface area contributed by atoms with E-state index in [1.54, 1.807) is 6.34 Å². The van der Waals surface area contributed by atoms with E-state index in [0.717, 1.165) is 37.2 Å². The van der Waals surface area contributed by atoms with Crippen molar-refractivity contribution < 1.29 is 0 Å². The lowest BCUT2D eigenvalue weighted by atomic mass is 9.70. The first kappa shape index (κ1) is 17.0. The van der Waals surface area contributed by atoms with Gasteiger partial charge in [-0.25, -0.2) is 10.0 Å². The van der Waals surface area contributed by atoms with Gasteiger partial charge in [0.05, 0.1) is 11.6 Å². The number of nitrogens with one attached hydrogen (secondary N) is 2. The van der Waals surface area contributed by atoms with Crippen LogP contribution in [0.2, 0.25) is 0 Å². The van der Waals surface area contributed by atoms with E-state index in [9.17, 15) is 0 Å². The van der Waals surface area contributed by atoms with Crippen LogP contribution in [0.5, 0.6) is 0 Å². The molecule has 7 nitrogen and oxygen atoms in total. The molecule has 0 radical (unpaired) electrons. The van der Waals surface area contributed by atoms with E-state index in [1.165, 1.54) is 5.56 Å². The summed E-state index contributed by atoms with van der Waals surface area (Å²) in [7, 11) is 0. The fourth-order valence-corrected chi connectivity index (χ4v) is 4.89. The summed E-state index contributed by atoms with van der Waals surface area (Å²) in [6.07, 6.45) is 8.18. The van der Waals surface area contributed by atoms with E-state index in [0.29, 0.717) is 17.5 Å². The monoisotopic (exact) mass is 373 g/mol. The lowest BCUT2D eigenvalue weighted by Gasteiger charge is -2.41. The molecule has 1 aliphatic carbocycles. The van der Waals surface area contributed by atoms with Crippen LogP contribution < -0.4 is 5.32 Å². The first-order valence-corrected chi connectivity index (χ1v) is 9.87. The fraction of sp³-hybridized carbons (Fsp3) is 0.429. The van der Waals surface area contributed by atoms with Gasteiger partial charge in [-0.15, -0.1) is 0 Å². The summed E-state index contributed by atoms with van der Waals surface area (Å²) < 4.78 is 0. The summed E-state index contributed by atoms with van der Waals surface area (Å²) in [5, 5.41) is 23.6. The Kier molecular flexibility index (Phi) is 3.93. The topological polar surface area (TPSA) is 91.9 Å². The number of aliphatic imine (C=N–C) groups is 1. The maximum Gasteiger partial charge on any atom is 0.137 e. The molecule has 0 saturated heterocycles. The van der Waals surface area contributed by atoms with Crippen LogP contribution in [-0.2, 0) is 0 Å². The SMILES string of the molecule is CC1([C@H]2CC[C@H](Nc3ccc(C#N)cc3)CC2)N=NN2C=Nc3[nH]ccc3C21. The molecule has 2 atom stereocenters. The van der Waals surface area contributed by atoms with Gasteiger partial charge >= 0.3 is 0 Å². The van der Waals surface area contributed by atoms with Gasteiger partial charge < -0.3 is 10.3 Å². The second-order valence-corrected chi connectivity index (χ2v) is 8.11. The largest absolute Gasteiger partial charge is 0.382 e. The summed E-state index contributed by atoms with van der Waals surface area (Å²) in [6, 6.07) is 12.6. The smallest absolute Gasteiger partial charge is 0.137 e. The standard InChI is InChI=1S/C21H23N7/c1-21(19-18-10-11-23-20(18)24-13-28(19)27-26-21)15-4-8-17(9-5-15)25-16-6-2-14(12-22)3-7-16/h2-3,6-7,10-11,13,15,17,19,23,25H,4-5,8-9H2,1H3/t15-,17-,19?,21?. The number of rotatable bonds is 3. The number of H-pyrrole nitrogens is 1. The van der Waals surface area contributed by atoms with Crippen molar-refractivity contribution in [1.29, 1.82) is 5.26 Å². The van der Waals surface area contributed by atoms with Gasteiger partial charge in [0.15, 0.2) is 0 Å². The number of fused-ring (bicyclic) bond motifs is 3. The molecule has 5 rings (SSSR count). The van der Waals surface area contributed by atoms with Gasteiger partial charge in [-0.1, -0.05) is 5.22 Å². The average molecular weight is 373 g/mol. The van der Waals surface area contributed by atoms with Crippen molar-refractivity contribution in [2.75, 3.05) is 5.32 Å². The Morgan fingerprint density at radius 1 is 1.18 bits per heavy atom. The van der Waals surface area contributed by atoms with Crippen molar-refractivity contribution >= 4 is 17.8 Å². The molecule has 1 aromatic carbocycles. The molecule has 0 spiro atoms. The van der Waals surface area contributed by atoms with Gasteiger partial charge in [-0.05, 0) is 68.9 Å². The molecular formula is C21H23N7. The zero-order chi connectivity index (χ0) is 19.1. The van der Waals surface area contributed by atoms with E-state index in [1.807, 2.05) is 35.5 Å². The van der Waals surface area contributed by atoms with Crippen molar-refractivity contribution in [2.24, 2.45) is 21.2 Å². The number of hydrogen-bond acceptors (Lipinski definition) is 6. The summed E-state index contributed by atoms with van der Waals surface area (Å²) in [5.74, 6) is 1.41.